The molecule has 0 aliphatic carbocycles. The van der Waals surface area contributed by atoms with Crippen molar-refractivity contribution < 1.29 is 22.8 Å². The fourth-order valence-electron chi connectivity index (χ4n) is 1.83. The molecule has 4 nitrogen and oxygen atoms in total. The van der Waals surface area contributed by atoms with Crippen molar-refractivity contribution in [2.45, 2.75) is 12.6 Å². The Balaban J connectivity index is 2.18. The largest absolute Gasteiger partial charge is 0.416 e. The average Bonchev–Trinajstić information content (AvgIpc) is 2.84. The molecule has 2 rings (SSSR count). The van der Waals surface area contributed by atoms with E-state index in [2.05, 4.69) is 4.98 Å². The SMILES string of the molecule is Cn1ccnc1C(=O)CC(=O)c1cccc(C(F)(F)F)c1. The minimum atomic E-state index is -4.53. The summed E-state index contributed by atoms with van der Waals surface area (Å²) in [5, 5.41) is 0. The predicted molar refractivity (Wildman–Crippen MR) is 67.9 cm³/mol. The monoisotopic (exact) mass is 296 g/mol. The van der Waals surface area contributed by atoms with Crippen molar-refractivity contribution in [3.63, 3.8) is 0 Å². The molecule has 0 radical (unpaired) electrons. The molecule has 110 valence electrons. The zero-order valence-corrected chi connectivity index (χ0v) is 11.0. The molecule has 0 N–H and O–H groups in total. The number of benzene rings is 1. The standard InChI is InChI=1S/C14H11F3N2O2/c1-19-6-5-18-13(19)12(21)8-11(20)9-3-2-4-10(7-9)14(15,16)17/h2-7H,8H2,1H3. The molecule has 0 unspecified atom stereocenters. The Labute approximate surface area is 118 Å². The van der Waals surface area contributed by atoms with Crippen LogP contribution in [0.2, 0.25) is 0 Å². The van der Waals surface area contributed by atoms with Crippen LogP contribution in [0.25, 0.3) is 0 Å². The van der Waals surface area contributed by atoms with Crippen molar-refractivity contribution in [2.75, 3.05) is 0 Å². The molecule has 0 atom stereocenters. The third-order valence-electron chi connectivity index (χ3n) is 2.90. The second-order valence-corrected chi connectivity index (χ2v) is 4.46. The first-order valence-corrected chi connectivity index (χ1v) is 6.00. The quantitative estimate of drug-likeness (QED) is 0.644. The van der Waals surface area contributed by atoms with E-state index in [-0.39, 0.29) is 11.4 Å². The fourth-order valence-corrected chi connectivity index (χ4v) is 1.83. The van der Waals surface area contributed by atoms with Gasteiger partial charge < -0.3 is 4.57 Å². The van der Waals surface area contributed by atoms with Gasteiger partial charge in [0.1, 0.15) is 0 Å². The van der Waals surface area contributed by atoms with Gasteiger partial charge in [-0.05, 0) is 12.1 Å². The fraction of sp³-hybridized carbons (Fsp3) is 0.214. The number of hydrogen-bond donors (Lipinski definition) is 0. The minimum Gasteiger partial charge on any atom is -0.332 e. The number of carbonyl (C=O) groups is 2. The smallest absolute Gasteiger partial charge is 0.332 e. The summed E-state index contributed by atoms with van der Waals surface area (Å²) >= 11 is 0. The van der Waals surface area contributed by atoms with E-state index in [1.807, 2.05) is 0 Å². The van der Waals surface area contributed by atoms with Crippen molar-refractivity contribution in [2.24, 2.45) is 7.05 Å². The van der Waals surface area contributed by atoms with Gasteiger partial charge >= 0.3 is 6.18 Å². The van der Waals surface area contributed by atoms with Crippen molar-refractivity contribution in [3.8, 4) is 0 Å². The Bertz CT molecular complexity index is 690. The predicted octanol–water partition coefficient (Wildman–Crippen LogP) is 2.89. The number of hydrogen-bond acceptors (Lipinski definition) is 3. The molecule has 2 aromatic rings. The minimum absolute atomic E-state index is 0.0929. The van der Waals surface area contributed by atoms with Gasteiger partial charge in [0.15, 0.2) is 11.6 Å². The Morgan fingerprint density at radius 3 is 2.52 bits per heavy atom. The lowest BCUT2D eigenvalue weighted by Gasteiger charge is -2.08. The number of nitrogens with zero attached hydrogens (tertiary/aromatic N) is 2. The third kappa shape index (κ3) is 3.36. The Hall–Kier alpha value is -2.44. The molecule has 1 aromatic heterocycles. The summed E-state index contributed by atoms with van der Waals surface area (Å²) in [4.78, 5) is 27.6. The first-order valence-electron chi connectivity index (χ1n) is 6.00. The highest BCUT2D eigenvalue weighted by molar-refractivity contribution is 6.12. The van der Waals surface area contributed by atoms with Crippen LogP contribution in [0.5, 0.6) is 0 Å². The summed E-state index contributed by atoms with van der Waals surface area (Å²) in [5.74, 6) is -1.12. The molecular weight excluding hydrogens is 285 g/mol. The van der Waals surface area contributed by atoms with Gasteiger partial charge in [-0.25, -0.2) is 4.98 Å². The van der Waals surface area contributed by atoms with Crippen LogP contribution in [0.15, 0.2) is 36.7 Å². The summed E-state index contributed by atoms with van der Waals surface area (Å²) < 4.78 is 39.2. The first kappa shape index (κ1) is 15.0. The molecule has 0 amide bonds. The lowest BCUT2D eigenvalue weighted by atomic mass is 10.0. The number of aromatic nitrogens is 2. The van der Waals surface area contributed by atoms with Crippen molar-refractivity contribution in [1.82, 2.24) is 9.55 Å². The molecule has 1 heterocycles. The molecule has 0 saturated carbocycles. The summed E-state index contributed by atoms with van der Waals surface area (Å²) in [6.45, 7) is 0. The molecule has 0 saturated heterocycles. The Kier molecular flexibility index (Phi) is 3.93. The van der Waals surface area contributed by atoms with Gasteiger partial charge in [0.05, 0.1) is 12.0 Å². The topological polar surface area (TPSA) is 52.0 Å². The first-order chi connectivity index (χ1) is 9.79. The van der Waals surface area contributed by atoms with Gasteiger partial charge in [0.2, 0.25) is 5.78 Å². The highest BCUT2D eigenvalue weighted by atomic mass is 19.4. The number of halogens is 3. The average molecular weight is 296 g/mol. The molecule has 1 aromatic carbocycles. The van der Waals surface area contributed by atoms with Crippen LogP contribution in [0.4, 0.5) is 13.2 Å². The van der Waals surface area contributed by atoms with Crippen LogP contribution in [-0.4, -0.2) is 21.1 Å². The van der Waals surface area contributed by atoms with E-state index in [0.717, 1.165) is 18.2 Å². The molecule has 0 fully saturated rings. The zero-order valence-electron chi connectivity index (χ0n) is 11.0. The van der Waals surface area contributed by atoms with Gasteiger partial charge in [-0.15, -0.1) is 0 Å². The highest BCUT2D eigenvalue weighted by Gasteiger charge is 2.31. The zero-order chi connectivity index (χ0) is 15.6. The van der Waals surface area contributed by atoms with Crippen molar-refractivity contribution in [1.29, 1.82) is 0 Å². The van der Waals surface area contributed by atoms with E-state index >= 15 is 0 Å². The number of carbonyl (C=O) groups excluding carboxylic acids is 2. The van der Waals surface area contributed by atoms with Crippen molar-refractivity contribution in [3.05, 3.63) is 53.6 Å². The summed E-state index contributed by atoms with van der Waals surface area (Å²) in [6, 6.07) is 4.01. The summed E-state index contributed by atoms with van der Waals surface area (Å²) in [7, 11) is 1.59. The lowest BCUT2D eigenvalue weighted by molar-refractivity contribution is -0.137. The second-order valence-electron chi connectivity index (χ2n) is 4.46. The highest BCUT2D eigenvalue weighted by Crippen LogP contribution is 2.29. The van der Waals surface area contributed by atoms with E-state index in [9.17, 15) is 22.8 Å². The molecule has 7 heteroatoms. The van der Waals surface area contributed by atoms with E-state index in [4.69, 9.17) is 0 Å². The number of alkyl halides is 3. The Morgan fingerprint density at radius 2 is 1.95 bits per heavy atom. The lowest BCUT2D eigenvalue weighted by Crippen LogP contribution is -2.14. The van der Waals surface area contributed by atoms with E-state index in [0.29, 0.717) is 0 Å². The van der Waals surface area contributed by atoms with Crippen molar-refractivity contribution >= 4 is 11.6 Å². The van der Waals surface area contributed by atoms with E-state index in [1.165, 1.54) is 16.8 Å². The second kappa shape index (κ2) is 5.51. The summed E-state index contributed by atoms with van der Waals surface area (Å²) in [6.07, 6.45) is -2.10. The molecule has 0 bridgehead atoms. The Morgan fingerprint density at radius 1 is 1.24 bits per heavy atom. The molecular formula is C14H11F3N2O2. The summed E-state index contributed by atoms with van der Waals surface area (Å²) in [5.41, 5.74) is -1.06. The van der Waals surface area contributed by atoms with Gasteiger partial charge in [-0.2, -0.15) is 13.2 Å². The number of ketones is 2. The molecule has 0 aliphatic rings. The maximum atomic E-state index is 12.6. The van der Waals surface area contributed by atoms with E-state index in [1.54, 1.807) is 13.2 Å². The molecule has 0 spiro atoms. The molecule has 0 aliphatic heterocycles. The molecule has 21 heavy (non-hydrogen) atoms. The van der Waals surface area contributed by atoms with Crippen LogP contribution in [0.3, 0.4) is 0 Å². The number of imidazole rings is 1. The van der Waals surface area contributed by atoms with Gasteiger partial charge in [0.25, 0.3) is 0 Å². The van der Waals surface area contributed by atoms with E-state index < -0.39 is 29.7 Å². The normalized spacial score (nSPS) is 11.4. The van der Waals surface area contributed by atoms with Crippen LogP contribution in [-0.2, 0) is 13.2 Å². The number of Topliss-reactive ketones (excluding diaryl/α,β-unsaturated/α-hetero) is 2. The maximum Gasteiger partial charge on any atom is 0.416 e. The third-order valence-corrected chi connectivity index (χ3v) is 2.90. The van der Waals surface area contributed by atoms with Gasteiger partial charge in [-0.1, -0.05) is 12.1 Å². The number of rotatable bonds is 4. The number of aryl methyl sites for hydroxylation is 1. The van der Waals surface area contributed by atoms with Gasteiger partial charge in [0, 0.05) is 25.0 Å². The maximum absolute atomic E-state index is 12.6. The van der Waals surface area contributed by atoms with Crippen LogP contribution < -0.4 is 0 Å². The van der Waals surface area contributed by atoms with Crippen LogP contribution in [0, 0.1) is 0 Å². The van der Waals surface area contributed by atoms with Crippen LogP contribution in [0.1, 0.15) is 33.0 Å². The van der Waals surface area contributed by atoms with Gasteiger partial charge in [-0.3, -0.25) is 9.59 Å². The van der Waals surface area contributed by atoms with Crippen LogP contribution >= 0.6 is 0 Å².